The standard InChI is InChI=1S/C27H40N6O7S/c1-4-5-13-41(38,39)31-23(26(35)36)15-20-14-22(40-18-20)16-32(3)24(34)17-33-11-8-21(9-12-33)29-27(37)30-25-19(2)7-6-10-28-25/h6-7,10,14,18,21,23,31H,4-5,8-9,11-13,15-17H2,1-3H3,(H,35,36)(H2,28,29,30,37). The third-order valence-corrected chi connectivity index (χ3v) is 8.35. The van der Waals surface area contributed by atoms with Gasteiger partial charge in [0, 0.05) is 38.8 Å². The van der Waals surface area contributed by atoms with E-state index in [0.717, 1.165) is 5.56 Å². The number of aryl methyl sites for hydroxylation is 1. The Bertz CT molecular complexity index is 1290. The molecule has 4 N–H and O–H groups in total. The van der Waals surface area contributed by atoms with Gasteiger partial charge in [-0.1, -0.05) is 19.4 Å². The van der Waals surface area contributed by atoms with E-state index in [1.165, 1.54) is 11.2 Å². The Morgan fingerprint density at radius 3 is 2.66 bits per heavy atom. The van der Waals surface area contributed by atoms with Crippen molar-refractivity contribution in [1.29, 1.82) is 0 Å². The molecule has 0 aliphatic carbocycles. The van der Waals surface area contributed by atoms with Gasteiger partial charge in [0.2, 0.25) is 15.9 Å². The third kappa shape index (κ3) is 10.4. The number of likely N-dealkylation sites (tertiary alicyclic amines) is 1. The lowest BCUT2D eigenvalue weighted by atomic mass is 10.1. The molecule has 1 fully saturated rings. The van der Waals surface area contributed by atoms with Crippen molar-refractivity contribution >= 4 is 33.7 Å². The fourth-order valence-electron chi connectivity index (χ4n) is 4.46. The lowest BCUT2D eigenvalue weighted by Gasteiger charge is -2.32. The van der Waals surface area contributed by atoms with Crippen LogP contribution in [-0.4, -0.2) is 90.7 Å². The molecular weight excluding hydrogens is 552 g/mol. The molecule has 1 aliphatic heterocycles. The molecule has 3 rings (SSSR count). The van der Waals surface area contributed by atoms with Gasteiger partial charge < -0.3 is 19.7 Å². The first-order valence-corrected chi connectivity index (χ1v) is 15.4. The van der Waals surface area contributed by atoms with Gasteiger partial charge in [0.15, 0.2) is 0 Å². The van der Waals surface area contributed by atoms with Gasteiger partial charge in [0.05, 0.1) is 25.1 Å². The number of amides is 3. The first-order valence-electron chi connectivity index (χ1n) is 13.7. The van der Waals surface area contributed by atoms with Gasteiger partial charge in [-0.05, 0) is 49.4 Å². The summed E-state index contributed by atoms with van der Waals surface area (Å²) in [5.74, 6) is -0.529. The normalized spacial score (nSPS) is 15.3. The van der Waals surface area contributed by atoms with Crippen molar-refractivity contribution in [2.24, 2.45) is 0 Å². The van der Waals surface area contributed by atoms with E-state index >= 15 is 0 Å². The minimum Gasteiger partial charge on any atom is -0.480 e. The summed E-state index contributed by atoms with van der Waals surface area (Å²) in [5, 5.41) is 15.2. The maximum Gasteiger partial charge on any atom is 0.322 e. The van der Waals surface area contributed by atoms with E-state index in [4.69, 9.17) is 4.42 Å². The molecule has 2 aromatic heterocycles. The van der Waals surface area contributed by atoms with Crippen LogP contribution in [0.3, 0.4) is 0 Å². The number of carboxylic acids is 1. The minimum absolute atomic E-state index is 0.00427. The average Bonchev–Trinajstić information content (AvgIpc) is 3.36. The van der Waals surface area contributed by atoms with Crippen LogP contribution in [0, 0.1) is 6.92 Å². The van der Waals surface area contributed by atoms with Crippen LogP contribution >= 0.6 is 0 Å². The predicted octanol–water partition coefficient (Wildman–Crippen LogP) is 1.94. The Labute approximate surface area is 240 Å². The molecule has 2 aromatic rings. The van der Waals surface area contributed by atoms with Crippen LogP contribution in [-0.2, 0) is 32.6 Å². The Morgan fingerprint density at radius 2 is 2.00 bits per heavy atom. The van der Waals surface area contributed by atoms with Crippen LogP contribution in [0.1, 0.15) is 49.5 Å². The quantitative estimate of drug-likeness (QED) is 0.256. The molecule has 1 aliphatic rings. The average molecular weight is 593 g/mol. The molecular formula is C27H40N6O7S. The first kappa shape index (κ1) is 32.0. The van der Waals surface area contributed by atoms with Crippen LogP contribution in [0.5, 0.6) is 0 Å². The number of furan rings is 1. The Hall–Kier alpha value is -3.49. The summed E-state index contributed by atoms with van der Waals surface area (Å²) >= 11 is 0. The van der Waals surface area contributed by atoms with Gasteiger partial charge in [0.25, 0.3) is 0 Å². The summed E-state index contributed by atoms with van der Waals surface area (Å²) in [6.45, 7) is 5.44. The number of carbonyl (C=O) groups excluding carboxylic acids is 2. The van der Waals surface area contributed by atoms with Gasteiger partial charge in [-0.2, -0.15) is 0 Å². The number of nitrogens with zero attached hydrogens (tertiary/aromatic N) is 3. The van der Waals surface area contributed by atoms with Gasteiger partial charge in [-0.15, -0.1) is 0 Å². The molecule has 13 nitrogen and oxygen atoms in total. The van der Waals surface area contributed by atoms with Gasteiger partial charge in [0.1, 0.15) is 17.6 Å². The van der Waals surface area contributed by atoms with Crippen molar-refractivity contribution < 1.29 is 32.3 Å². The summed E-state index contributed by atoms with van der Waals surface area (Å²) in [7, 11) is -2.06. The van der Waals surface area contributed by atoms with E-state index in [2.05, 4.69) is 20.3 Å². The predicted molar refractivity (Wildman–Crippen MR) is 153 cm³/mol. The summed E-state index contributed by atoms with van der Waals surface area (Å²) in [4.78, 5) is 44.5. The molecule has 41 heavy (non-hydrogen) atoms. The monoisotopic (exact) mass is 592 g/mol. The van der Waals surface area contributed by atoms with E-state index < -0.39 is 22.0 Å². The number of pyridine rings is 1. The Morgan fingerprint density at radius 1 is 1.27 bits per heavy atom. The van der Waals surface area contributed by atoms with Crippen molar-refractivity contribution in [1.82, 2.24) is 24.8 Å². The highest BCUT2D eigenvalue weighted by Crippen LogP contribution is 2.15. The van der Waals surface area contributed by atoms with Crippen LogP contribution in [0.2, 0.25) is 0 Å². The number of sulfonamides is 1. The molecule has 3 amide bonds. The SMILES string of the molecule is CCCCS(=O)(=O)NC(Cc1coc(CN(C)C(=O)CN2CCC(NC(=O)Nc3ncccc3C)CC2)c1)C(=O)O. The zero-order chi connectivity index (χ0) is 30.0. The fraction of sp³-hybridized carbons (Fsp3) is 0.556. The smallest absolute Gasteiger partial charge is 0.322 e. The number of nitrogens with one attached hydrogen (secondary N) is 3. The molecule has 0 saturated carbocycles. The van der Waals surface area contributed by atoms with Gasteiger partial charge >= 0.3 is 12.0 Å². The number of carboxylic acid groups (broad SMARTS) is 1. The highest BCUT2D eigenvalue weighted by atomic mass is 32.2. The molecule has 0 radical (unpaired) electrons. The molecule has 0 bridgehead atoms. The zero-order valence-electron chi connectivity index (χ0n) is 23.8. The van der Waals surface area contributed by atoms with Gasteiger partial charge in [-0.25, -0.2) is 22.9 Å². The number of rotatable bonds is 14. The third-order valence-electron chi connectivity index (χ3n) is 6.88. The number of hydrogen-bond donors (Lipinski definition) is 4. The van der Waals surface area contributed by atoms with Crippen molar-refractivity contribution in [3.8, 4) is 0 Å². The molecule has 3 heterocycles. The Kier molecular flexibility index (Phi) is 11.7. The molecule has 1 unspecified atom stereocenters. The van der Waals surface area contributed by atoms with E-state index in [0.29, 0.717) is 55.9 Å². The van der Waals surface area contributed by atoms with Crippen molar-refractivity contribution in [2.45, 2.75) is 64.6 Å². The largest absolute Gasteiger partial charge is 0.480 e. The van der Waals surface area contributed by atoms with Crippen molar-refractivity contribution in [3.63, 3.8) is 0 Å². The van der Waals surface area contributed by atoms with Gasteiger partial charge in [-0.3, -0.25) is 19.8 Å². The molecule has 0 spiro atoms. The van der Waals surface area contributed by atoms with Crippen molar-refractivity contribution in [2.75, 3.05) is 37.8 Å². The number of unbranched alkanes of at least 4 members (excludes halogenated alkanes) is 1. The van der Waals surface area contributed by atoms with Crippen LogP contribution in [0.4, 0.5) is 10.6 Å². The number of piperidine rings is 1. The number of carbonyl (C=O) groups is 3. The topological polar surface area (TPSA) is 174 Å². The molecule has 1 saturated heterocycles. The lowest BCUT2D eigenvalue weighted by molar-refractivity contribution is -0.139. The second kappa shape index (κ2) is 14.9. The summed E-state index contributed by atoms with van der Waals surface area (Å²) < 4.78 is 32.1. The molecule has 1 atom stereocenters. The number of aromatic nitrogens is 1. The van der Waals surface area contributed by atoms with Crippen LogP contribution < -0.4 is 15.4 Å². The summed E-state index contributed by atoms with van der Waals surface area (Å²) in [6, 6.07) is 3.69. The minimum atomic E-state index is -3.72. The second-order valence-electron chi connectivity index (χ2n) is 10.4. The lowest BCUT2D eigenvalue weighted by Crippen LogP contribution is -2.48. The van der Waals surface area contributed by atoms with E-state index in [1.807, 2.05) is 24.8 Å². The maximum atomic E-state index is 12.8. The zero-order valence-corrected chi connectivity index (χ0v) is 24.6. The van der Waals surface area contributed by atoms with E-state index in [-0.39, 0.29) is 43.2 Å². The first-order chi connectivity index (χ1) is 19.5. The maximum absolute atomic E-state index is 12.8. The molecule has 14 heteroatoms. The second-order valence-corrected chi connectivity index (χ2v) is 12.2. The summed E-state index contributed by atoms with van der Waals surface area (Å²) in [6.07, 6.45) is 5.46. The number of hydrogen-bond acceptors (Lipinski definition) is 8. The number of anilines is 1. The van der Waals surface area contributed by atoms with Crippen LogP contribution in [0.15, 0.2) is 35.1 Å². The van der Waals surface area contributed by atoms with E-state index in [9.17, 15) is 27.9 Å². The van der Waals surface area contributed by atoms with Crippen molar-refractivity contribution in [3.05, 3.63) is 47.5 Å². The fourth-order valence-corrected chi connectivity index (χ4v) is 5.86. The summed E-state index contributed by atoms with van der Waals surface area (Å²) in [5.41, 5.74) is 1.39. The Balaban J connectivity index is 1.42. The number of urea groups is 1. The molecule has 226 valence electrons. The molecule has 0 aromatic carbocycles. The number of aliphatic carboxylic acids is 1. The van der Waals surface area contributed by atoms with Crippen LogP contribution in [0.25, 0.3) is 0 Å². The number of likely N-dealkylation sites (N-methyl/N-ethyl adjacent to an activating group) is 1. The highest BCUT2D eigenvalue weighted by molar-refractivity contribution is 7.89. The van der Waals surface area contributed by atoms with E-state index in [1.54, 1.807) is 25.4 Å². The highest BCUT2D eigenvalue weighted by Gasteiger charge is 2.26.